The van der Waals surface area contributed by atoms with Crippen molar-refractivity contribution in [2.45, 2.75) is 39.3 Å². The molecule has 0 aliphatic heterocycles. The summed E-state index contributed by atoms with van der Waals surface area (Å²) in [5.74, 6) is 0. The van der Waals surface area contributed by atoms with Crippen molar-refractivity contribution in [3.05, 3.63) is 17.0 Å². The molecule has 0 amide bonds. The van der Waals surface area contributed by atoms with Crippen LogP contribution in [0.4, 0.5) is 13.2 Å². The molecule has 0 radical (unpaired) electrons. The average Bonchev–Trinajstić information content (AvgIpc) is 2.27. The van der Waals surface area contributed by atoms with Gasteiger partial charge in [0.05, 0.1) is 11.3 Å². The van der Waals surface area contributed by atoms with Crippen molar-refractivity contribution in [3.8, 4) is 0 Å². The number of nitrogens with zero attached hydrogens (tertiary/aromatic N) is 1. The van der Waals surface area contributed by atoms with Crippen molar-refractivity contribution >= 4 is 0 Å². The molecular weight excluding hydrogens is 193 g/mol. The van der Waals surface area contributed by atoms with Gasteiger partial charge in [-0.3, -0.25) is 5.10 Å². The molecule has 0 aliphatic carbocycles. The van der Waals surface area contributed by atoms with Crippen LogP contribution >= 0.6 is 0 Å². The summed E-state index contributed by atoms with van der Waals surface area (Å²) in [6, 6.07) is 0. The molecule has 14 heavy (non-hydrogen) atoms. The Hall–Kier alpha value is -1.00. The van der Waals surface area contributed by atoms with Gasteiger partial charge in [0.1, 0.15) is 0 Å². The van der Waals surface area contributed by atoms with E-state index in [4.69, 9.17) is 0 Å². The molecule has 0 fully saturated rings. The van der Waals surface area contributed by atoms with E-state index in [1.165, 1.54) is 6.92 Å². The summed E-state index contributed by atoms with van der Waals surface area (Å²) in [6.07, 6.45) is -4.33. The Balaban J connectivity index is 3.35. The lowest BCUT2D eigenvalue weighted by molar-refractivity contribution is -0.139. The topological polar surface area (TPSA) is 28.7 Å². The van der Waals surface area contributed by atoms with Crippen LogP contribution in [0.25, 0.3) is 0 Å². The molecule has 0 aromatic carbocycles. The highest BCUT2D eigenvalue weighted by molar-refractivity contribution is 5.32. The first kappa shape index (κ1) is 11.1. The highest BCUT2D eigenvalue weighted by atomic mass is 19.4. The number of hydrogen-bond donors (Lipinski definition) is 1. The molecule has 0 atom stereocenters. The minimum absolute atomic E-state index is 0.0717. The largest absolute Gasteiger partial charge is 0.419 e. The van der Waals surface area contributed by atoms with Gasteiger partial charge >= 0.3 is 6.18 Å². The lowest BCUT2D eigenvalue weighted by Crippen LogP contribution is -2.19. The number of nitrogens with one attached hydrogen (secondary N) is 1. The van der Waals surface area contributed by atoms with Gasteiger partial charge in [-0.15, -0.1) is 0 Å². The molecule has 1 N–H and O–H groups in total. The van der Waals surface area contributed by atoms with E-state index in [2.05, 4.69) is 10.2 Å². The van der Waals surface area contributed by atoms with E-state index in [0.29, 0.717) is 0 Å². The van der Waals surface area contributed by atoms with Gasteiger partial charge < -0.3 is 0 Å². The molecule has 0 saturated carbocycles. The first-order valence-corrected chi connectivity index (χ1v) is 4.26. The van der Waals surface area contributed by atoms with Crippen LogP contribution < -0.4 is 0 Å². The van der Waals surface area contributed by atoms with E-state index in [1.54, 1.807) is 20.8 Å². The number of aromatic nitrogens is 2. The van der Waals surface area contributed by atoms with Crippen molar-refractivity contribution in [2.75, 3.05) is 0 Å². The normalized spacial score (nSPS) is 13.4. The first-order chi connectivity index (χ1) is 6.14. The molecule has 0 aliphatic rings. The Morgan fingerprint density at radius 1 is 1.14 bits per heavy atom. The van der Waals surface area contributed by atoms with Gasteiger partial charge in [-0.05, 0) is 6.92 Å². The SMILES string of the molecule is Cc1[nH]nc(C(C)(C)C)c1C(F)(F)F. The lowest BCUT2D eigenvalue weighted by atomic mass is 9.88. The molecule has 1 rings (SSSR count). The third kappa shape index (κ3) is 1.91. The van der Waals surface area contributed by atoms with Gasteiger partial charge in [-0.1, -0.05) is 20.8 Å². The van der Waals surface area contributed by atoms with Crippen LogP contribution in [0.5, 0.6) is 0 Å². The second-order valence-corrected chi connectivity index (χ2v) is 4.32. The van der Waals surface area contributed by atoms with E-state index in [1.807, 2.05) is 0 Å². The van der Waals surface area contributed by atoms with Crippen LogP contribution in [0.3, 0.4) is 0 Å². The molecule has 0 unspecified atom stereocenters. The lowest BCUT2D eigenvalue weighted by Gasteiger charge is -2.18. The number of halogens is 3. The molecule has 1 aromatic heterocycles. The Labute approximate surface area is 80.5 Å². The van der Waals surface area contributed by atoms with Crippen LogP contribution in [0, 0.1) is 6.92 Å². The Kier molecular flexibility index (Phi) is 2.37. The minimum Gasteiger partial charge on any atom is -0.282 e. The van der Waals surface area contributed by atoms with Gasteiger partial charge in [0, 0.05) is 11.1 Å². The summed E-state index contributed by atoms with van der Waals surface area (Å²) < 4.78 is 37.8. The molecule has 1 aromatic rings. The number of aromatic amines is 1. The summed E-state index contributed by atoms with van der Waals surface area (Å²) >= 11 is 0. The fourth-order valence-electron chi connectivity index (χ4n) is 1.32. The average molecular weight is 206 g/mol. The molecule has 0 spiro atoms. The monoisotopic (exact) mass is 206 g/mol. The van der Waals surface area contributed by atoms with Crippen LogP contribution in [0.15, 0.2) is 0 Å². The third-order valence-electron chi connectivity index (χ3n) is 1.94. The second-order valence-electron chi connectivity index (χ2n) is 4.32. The summed E-state index contributed by atoms with van der Waals surface area (Å²) in [5.41, 5.74) is -1.09. The molecule has 2 nitrogen and oxygen atoms in total. The Morgan fingerprint density at radius 3 is 1.93 bits per heavy atom. The quantitative estimate of drug-likeness (QED) is 0.694. The van der Waals surface area contributed by atoms with E-state index >= 15 is 0 Å². The number of hydrogen-bond acceptors (Lipinski definition) is 1. The number of alkyl halides is 3. The Bertz CT molecular complexity index is 331. The van der Waals surface area contributed by atoms with E-state index in [9.17, 15) is 13.2 Å². The van der Waals surface area contributed by atoms with Gasteiger partial charge in [0.15, 0.2) is 0 Å². The van der Waals surface area contributed by atoms with E-state index in [0.717, 1.165) is 0 Å². The van der Waals surface area contributed by atoms with Gasteiger partial charge in [0.25, 0.3) is 0 Å². The highest BCUT2D eigenvalue weighted by Gasteiger charge is 2.40. The van der Waals surface area contributed by atoms with Crippen LogP contribution in [-0.4, -0.2) is 10.2 Å². The maximum absolute atomic E-state index is 12.6. The molecule has 80 valence electrons. The van der Waals surface area contributed by atoms with Crippen LogP contribution in [0.1, 0.15) is 37.7 Å². The zero-order valence-electron chi connectivity index (χ0n) is 8.58. The molecule has 0 saturated heterocycles. The summed E-state index contributed by atoms with van der Waals surface area (Å²) in [7, 11) is 0. The second kappa shape index (κ2) is 3.00. The van der Waals surface area contributed by atoms with Gasteiger partial charge in [0.2, 0.25) is 0 Å². The van der Waals surface area contributed by atoms with Crippen molar-refractivity contribution in [1.82, 2.24) is 10.2 Å². The molecule has 1 heterocycles. The predicted octanol–water partition coefficient (Wildman–Crippen LogP) is 3.03. The molecule has 5 heteroatoms. The maximum atomic E-state index is 12.6. The van der Waals surface area contributed by atoms with Crippen LogP contribution in [-0.2, 0) is 11.6 Å². The van der Waals surface area contributed by atoms with Crippen molar-refractivity contribution in [2.24, 2.45) is 0 Å². The summed E-state index contributed by atoms with van der Waals surface area (Å²) in [4.78, 5) is 0. The van der Waals surface area contributed by atoms with E-state index in [-0.39, 0.29) is 11.4 Å². The molecular formula is C9H13F3N2. The van der Waals surface area contributed by atoms with Crippen molar-refractivity contribution in [3.63, 3.8) is 0 Å². The third-order valence-corrected chi connectivity index (χ3v) is 1.94. The smallest absolute Gasteiger partial charge is 0.282 e. The number of H-pyrrole nitrogens is 1. The van der Waals surface area contributed by atoms with Crippen molar-refractivity contribution < 1.29 is 13.2 Å². The van der Waals surface area contributed by atoms with Gasteiger partial charge in [-0.2, -0.15) is 18.3 Å². The number of rotatable bonds is 0. The zero-order chi connectivity index (χ0) is 11.1. The fraction of sp³-hybridized carbons (Fsp3) is 0.667. The molecule has 0 bridgehead atoms. The zero-order valence-corrected chi connectivity index (χ0v) is 8.58. The van der Waals surface area contributed by atoms with Gasteiger partial charge in [-0.25, -0.2) is 0 Å². The minimum atomic E-state index is -4.33. The standard InChI is InChI=1S/C9H13F3N2/c1-5-6(9(10,11)12)7(14-13-5)8(2,3)4/h1-4H3,(H,13,14). The predicted molar refractivity (Wildman–Crippen MR) is 47.0 cm³/mol. The fourth-order valence-corrected chi connectivity index (χ4v) is 1.32. The van der Waals surface area contributed by atoms with Crippen molar-refractivity contribution in [1.29, 1.82) is 0 Å². The maximum Gasteiger partial charge on any atom is 0.419 e. The summed E-state index contributed by atoms with van der Waals surface area (Å²) in [5, 5.41) is 6.09. The Morgan fingerprint density at radius 2 is 1.64 bits per heavy atom. The van der Waals surface area contributed by atoms with E-state index < -0.39 is 17.2 Å². The first-order valence-electron chi connectivity index (χ1n) is 4.26. The highest BCUT2D eigenvalue weighted by Crippen LogP contribution is 2.37. The van der Waals surface area contributed by atoms with Crippen LogP contribution in [0.2, 0.25) is 0 Å². The number of aryl methyl sites for hydroxylation is 1. The summed E-state index contributed by atoms with van der Waals surface area (Å²) in [6.45, 7) is 6.50.